The third kappa shape index (κ3) is 6.02. The highest BCUT2D eigenvalue weighted by molar-refractivity contribution is 9.10. The van der Waals surface area contributed by atoms with Crippen molar-refractivity contribution < 1.29 is 4.21 Å². The first-order valence-corrected chi connectivity index (χ1v) is 7.82. The maximum absolute atomic E-state index is 11.8. The van der Waals surface area contributed by atoms with E-state index in [1.165, 1.54) is 19.3 Å². The second kappa shape index (κ2) is 8.46. The van der Waals surface area contributed by atoms with Crippen LogP contribution in [0.1, 0.15) is 32.6 Å². The minimum Gasteiger partial charge on any atom is -0.249 e. The van der Waals surface area contributed by atoms with Crippen LogP contribution in [0.3, 0.4) is 0 Å². The van der Waals surface area contributed by atoms with Crippen LogP contribution in [0.4, 0.5) is 0 Å². The molecule has 92 valence electrons. The fraction of sp³-hybridized carbons (Fsp3) is 0.357. The van der Waals surface area contributed by atoms with Crippen LogP contribution < -0.4 is 0 Å². The molecule has 0 spiro atoms. The highest BCUT2D eigenvalue weighted by atomic mass is 79.9. The summed E-state index contributed by atoms with van der Waals surface area (Å²) in [6.45, 7) is 2.18. The number of halogens is 1. The fourth-order valence-corrected chi connectivity index (χ4v) is 2.35. The molecule has 0 saturated carbocycles. The van der Waals surface area contributed by atoms with Gasteiger partial charge in [-0.25, -0.2) is 4.21 Å². The molecule has 0 saturated heterocycles. The van der Waals surface area contributed by atoms with Gasteiger partial charge in [0, 0.05) is 14.8 Å². The largest absolute Gasteiger partial charge is 0.249 e. The summed E-state index contributed by atoms with van der Waals surface area (Å²) in [5, 5.41) is 1.62. The lowest BCUT2D eigenvalue weighted by atomic mass is 10.2. The van der Waals surface area contributed by atoms with E-state index in [1.807, 2.05) is 30.3 Å². The van der Waals surface area contributed by atoms with Crippen LogP contribution in [-0.4, -0.2) is 4.21 Å². The Morgan fingerprint density at radius 2 is 2.00 bits per heavy atom. The lowest BCUT2D eigenvalue weighted by molar-refractivity contribution is 0.688. The van der Waals surface area contributed by atoms with Gasteiger partial charge in [-0.3, -0.25) is 0 Å². The van der Waals surface area contributed by atoms with Gasteiger partial charge in [0.2, 0.25) is 0 Å². The zero-order valence-electron chi connectivity index (χ0n) is 9.99. The summed E-state index contributed by atoms with van der Waals surface area (Å²) in [5.74, 6) is 0. The van der Waals surface area contributed by atoms with E-state index in [4.69, 9.17) is 0 Å². The standard InChI is InChI=1S/C14H17BrOS/c1-2-3-4-5-6-7-12-17(16)14-10-8-13(15)9-11-14/h6,8-12H,2-5H2,1H3. The number of unbranched alkanes of at least 4 members (excludes halogenated alkanes) is 3. The molecule has 0 aliphatic heterocycles. The van der Waals surface area contributed by atoms with Crippen molar-refractivity contribution in [1.29, 1.82) is 0 Å². The highest BCUT2D eigenvalue weighted by Gasteiger charge is 1.97. The van der Waals surface area contributed by atoms with Crippen molar-refractivity contribution in [3.8, 4) is 0 Å². The van der Waals surface area contributed by atoms with Crippen LogP contribution in [0.25, 0.3) is 0 Å². The average molecular weight is 313 g/mol. The van der Waals surface area contributed by atoms with Gasteiger partial charge in [0.25, 0.3) is 0 Å². The molecule has 0 heterocycles. The second-order valence-corrected chi connectivity index (χ2v) is 5.95. The molecule has 0 aliphatic rings. The Morgan fingerprint density at radius 1 is 1.29 bits per heavy atom. The molecule has 0 amide bonds. The summed E-state index contributed by atoms with van der Waals surface area (Å²) in [6, 6.07) is 7.50. The van der Waals surface area contributed by atoms with Gasteiger partial charge in [-0.15, -0.1) is 5.73 Å². The maximum atomic E-state index is 11.8. The summed E-state index contributed by atoms with van der Waals surface area (Å²) in [6.07, 6.45) is 6.63. The minimum atomic E-state index is -1.09. The average Bonchev–Trinajstić information content (AvgIpc) is 2.34. The molecule has 1 unspecified atom stereocenters. The Hall–Kier alpha value is -0.630. The Kier molecular flexibility index (Phi) is 7.18. The second-order valence-electron chi connectivity index (χ2n) is 3.74. The van der Waals surface area contributed by atoms with Crippen LogP contribution in [0, 0.1) is 0 Å². The molecule has 0 N–H and O–H groups in total. The zero-order chi connectivity index (χ0) is 12.5. The van der Waals surface area contributed by atoms with E-state index in [1.54, 1.807) is 5.41 Å². The molecule has 0 aliphatic carbocycles. The Morgan fingerprint density at radius 3 is 2.65 bits per heavy atom. The van der Waals surface area contributed by atoms with Crippen LogP contribution >= 0.6 is 15.9 Å². The first-order valence-electron chi connectivity index (χ1n) is 5.81. The summed E-state index contributed by atoms with van der Waals surface area (Å²) >= 11 is 3.35. The van der Waals surface area contributed by atoms with Gasteiger partial charge in [-0.05, 0) is 43.2 Å². The number of benzene rings is 1. The molecule has 0 fully saturated rings. The van der Waals surface area contributed by atoms with E-state index in [2.05, 4.69) is 28.6 Å². The SMILES string of the molecule is CCCCCC=C=CS(=O)c1ccc(Br)cc1. The van der Waals surface area contributed by atoms with Gasteiger partial charge in [0.1, 0.15) is 0 Å². The van der Waals surface area contributed by atoms with Crippen molar-refractivity contribution >= 4 is 26.7 Å². The third-order valence-electron chi connectivity index (χ3n) is 2.29. The van der Waals surface area contributed by atoms with E-state index in [0.717, 1.165) is 15.8 Å². The van der Waals surface area contributed by atoms with E-state index in [9.17, 15) is 4.21 Å². The summed E-state index contributed by atoms with van der Waals surface area (Å²) in [4.78, 5) is 0.808. The number of hydrogen-bond acceptors (Lipinski definition) is 1. The predicted octanol–water partition coefficient (Wildman–Crippen LogP) is 4.81. The van der Waals surface area contributed by atoms with E-state index >= 15 is 0 Å². The van der Waals surface area contributed by atoms with Crippen molar-refractivity contribution in [2.75, 3.05) is 0 Å². The van der Waals surface area contributed by atoms with Crippen LogP contribution in [0.2, 0.25) is 0 Å². The van der Waals surface area contributed by atoms with E-state index in [-0.39, 0.29) is 0 Å². The van der Waals surface area contributed by atoms with Gasteiger partial charge in [-0.1, -0.05) is 35.7 Å². The maximum Gasteiger partial charge on any atom is 0.0854 e. The van der Waals surface area contributed by atoms with Crippen molar-refractivity contribution in [2.24, 2.45) is 0 Å². The van der Waals surface area contributed by atoms with Crippen molar-refractivity contribution in [2.45, 2.75) is 37.5 Å². The molecular formula is C14H17BrOS. The Balaban J connectivity index is 2.48. The van der Waals surface area contributed by atoms with Crippen molar-refractivity contribution in [3.63, 3.8) is 0 Å². The lowest BCUT2D eigenvalue weighted by Crippen LogP contribution is -1.84. The van der Waals surface area contributed by atoms with Gasteiger partial charge < -0.3 is 0 Å². The Labute approximate surface area is 114 Å². The van der Waals surface area contributed by atoms with Gasteiger partial charge in [0.05, 0.1) is 10.8 Å². The number of rotatable bonds is 6. The van der Waals surface area contributed by atoms with E-state index < -0.39 is 10.8 Å². The molecule has 0 bridgehead atoms. The monoisotopic (exact) mass is 312 g/mol. The van der Waals surface area contributed by atoms with Crippen molar-refractivity contribution in [3.05, 3.63) is 46.0 Å². The molecule has 0 radical (unpaired) electrons. The smallest absolute Gasteiger partial charge is 0.0854 e. The predicted molar refractivity (Wildman–Crippen MR) is 77.3 cm³/mol. The number of allylic oxidation sites excluding steroid dienone is 1. The Bertz CT molecular complexity index is 416. The molecule has 3 heteroatoms. The summed E-state index contributed by atoms with van der Waals surface area (Å²) in [5.41, 5.74) is 3.00. The lowest BCUT2D eigenvalue weighted by Gasteiger charge is -1.95. The minimum absolute atomic E-state index is 0.808. The zero-order valence-corrected chi connectivity index (χ0v) is 12.4. The van der Waals surface area contributed by atoms with Crippen LogP contribution in [0.15, 0.2) is 50.8 Å². The number of hydrogen-bond donors (Lipinski definition) is 0. The molecular weight excluding hydrogens is 296 g/mol. The summed E-state index contributed by atoms with van der Waals surface area (Å²) in [7, 11) is -1.09. The quantitative estimate of drug-likeness (QED) is 0.544. The topological polar surface area (TPSA) is 17.1 Å². The van der Waals surface area contributed by atoms with Crippen LogP contribution in [0.5, 0.6) is 0 Å². The van der Waals surface area contributed by atoms with Gasteiger partial charge in [-0.2, -0.15) is 0 Å². The fourth-order valence-electron chi connectivity index (χ4n) is 1.33. The molecule has 1 nitrogen and oxygen atoms in total. The molecule has 17 heavy (non-hydrogen) atoms. The first-order chi connectivity index (χ1) is 8.24. The van der Waals surface area contributed by atoms with Gasteiger partial charge in [0.15, 0.2) is 0 Å². The van der Waals surface area contributed by atoms with Crippen molar-refractivity contribution in [1.82, 2.24) is 0 Å². The third-order valence-corrected chi connectivity index (χ3v) is 3.91. The molecule has 1 rings (SSSR count). The van der Waals surface area contributed by atoms with E-state index in [0.29, 0.717) is 0 Å². The molecule has 1 aromatic rings. The van der Waals surface area contributed by atoms with Crippen LogP contribution in [-0.2, 0) is 10.8 Å². The molecule has 1 aromatic carbocycles. The molecule has 1 atom stereocenters. The first kappa shape index (κ1) is 14.4. The normalized spacial score (nSPS) is 11.6. The molecule has 0 aromatic heterocycles. The summed E-state index contributed by atoms with van der Waals surface area (Å²) < 4.78 is 12.8. The highest BCUT2D eigenvalue weighted by Crippen LogP contribution is 2.13. The van der Waals surface area contributed by atoms with Gasteiger partial charge >= 0.3 is 0 Å².